The van der Waals surface area contributed by atoms with E-state index in [2.05, 4.69) is 20.9 Å². The lowest BCUT2D eigenvalue weighted by atomic mass is 9.94. The maximum Gasteiger partial charge on any atom is 0.219 e. The van der Waals surface area contributed by atoms with E-state index in [9.17, 15) is 4.79 Å². The second-order valence-electron chi connectivity index (χ2n) is 6.20. The van der Waals surface area contributed by atoms with E-state index in [4.69, 9.17) is 0 Å². The topological polar surface area (TPSA) is 49.3 Å². The van der Waals surface area contributed by atoms with Gasteiger partial charge in [0.15, 0.2) is 0 Å². The monoisotopic (exact) mass is 288 g/mol. The lowest BCUT2D eigenvalue weighted by Gasteiger charge is -2.32. The van der Waals surface area contributed by atoms with Crippen LogP contribution in [0, 0.1) is 6.92 Å². The Kier molecular flexibility index (Phi) is 4.08. The first-order chi connectivity index (χ1) is 10.1. The molecule has 1 aromatic heterocycles. The molecular weight excluding hydrogens is 264 g/mol. The quantitative estimate of drug-likeness (QED) is 0.836. The smallest absolute Gasteiger partial charge is 0.219 e. The molecule has 0 N–H and O–H groups in total. The normalized spacial score (nSPS) is 22.7. The van der Waals surface area contributed by atoms with E-state index in [0.717, 1.165) is 56.4 Å². The zero-order chi connectivity index (χ0) is 14.8. The average Bonchev–Trinajstić information content (AvgIpc) is 3.01. The van der Waals surface area contributed by atoms with Gasteiger partial charge in [0.1, 0.15) is 11.6 Å². The predicted molar refractivity (Wildman–Crippen MR) is 82.4 cm³/mol. The molecule has 2 saturated heterocycles. The number of carbonyl (C=O) groups excluding carboxylic acids is 1. The summed E-state index contributed by atoms with van der Waals surface area (Å²) in [6.07, 6.45) is 4.67. The number of likely N-dealkylation sites (tertiary alicyclic amines) is 1. The van der Waals surface area contributed by atoms with Crippen LogP contribution < -0.4 is 4.90 Å². The van der Waals surface area contributed by atoms with Gasteiger partial charge in [0.05, 0.1) is 5.69 Å². The van der Waals surface area contributed by atoms with Crippen LogP contribution in [0.15, 0.2) is 6.07 Å². The molecule has 0 radical (unpaired) electrons. The van der Waals surface area contributed by atoms with E-state index in [-0.39, 0.29) is 5.91 Å². The Hall–Kier alpha value is -1.65. The number of piperidine rings is 1. The fourth-order valence-corrected chi connectivity index (χ4v) is 3.40. The number of aryl methyl sites for hydroxylation is 1. The van der Waals surface area contributed by atoms with E-state index in [1.165, 1.54) is 12.8 Å². The van der Waals surface area contributed by atoms with Crippen LogP contribution in [-0.2, 0) is 4.79 Å². The lowest BCUT2D eigenvalue weighted by molar-refractivity contribution is -0.130. The van der Waals surface area contributed by atoms with Crippen molar-refractivity contribution in [3.05, 3.63) is 17.6 Å². The molecule has 2 aliphatic rings. The van der Waals surface area contributed by atoms with Crippen molar-refractivity contribution in [2.45, 2.75) is 45.4 Å². The SMILES string of the molecule is CC(=O)N1CCC[C@H](c2cc(N3CCCC3)nc(C)n2)C1. The number of hydrogen-bond donors (Lipinski definition) is 0. The van der Waals surface area contributed by atoms with Crippen molar-refractivity contribution < 1.29 is 4.79 Å². The number of anilines is 1. The van der Waals surface area contributed by atoms with Crippen LogP contribution in [0.4, 0.5) is 5.82 Å². The van der Waals surface area contributed by atoms with Crippen molar-refractivity contribution in [2.24, 2.45) is 0 Å². The minimum atomic E-state index is 0.172. The molecule has 1 amide bonds. The Morgan fingerprint density at radius 2 is 1.95 bits per heavy atom. The van der Waals surface area contributed by atoms with Gasteiger partial charge in [0.25, 0.3) is 0 Å². The van der Waals surface area contributed by atoms with Gasteiger partial charge in [-0.1, -0.05) is 0 Å². The van der Waals surface area contributed by atoms with Gasteiger partial charge >= 0.3 is 0 Å². The third-order valence-corrected chi connectivity index (χ3v) is 4.56. The summed E-state index contributed by atoms with van der Waals surface area (Å²) in [5, 5.41) is 0. The molecule has 1 aromatic rings. The highest BCUT2D eigenvalue weighted by molar-refractivity contribution is 5.73. The highest BCUT2D eigenvalue weighted by atomic mass is 16.2. The summed E-state index contributed by atoms with van der Waals surface area (Å²) in [5.74, 6) is 2.43. The van der Waals surface area contributed by atoms with Crippen molar-refractivity contribution in [1.29, 1.82) is 0 Å². The van der Waals surface area contributed by atoms with E-state index in [0.29, 0.717) is 5.92 Å². The van der Waals surface area contributed by atoms with Gasteiger partial charge in [-0.05, 0) is 32.6 Å². The molecule has 1 atom stereocenters. The largest absolute Gasteiger partial charge is 0.357 e. The van der Waals surface area contributed by atoms with Gasteiger partial charge in [0.2, 0.25) is 5.91 Å². The first-order valence-corrected chi connectivity index (χ1v) is 7.99. The molecule has 3 heterocycles. The molecule has 0 saturated carbocycles. The molecule has 21 heavy (non-hydrogen) atoms. The maximum absolute atomic E-state index is 11.6. The zero-order valence-corrected chi connectivity index (χ0v) is 13.0. The summed E-state index contributed by atoms with van der Waals surface area (Å²) in [5.41, 5.74) is 1.11. The van der Waals surface area contributed by atoms with Gasteiger partial charge in [0, 0.05) is 45.1 Å². The molecule has 2 fully saturated rings. The number of rotatable bonds is 2. The zero-order valence-electron chi connectivity index (χ0n) is 13.0. The Labute approximate surface area is 126 Å². The molecule has 5 nitrogen and oxygen atoms in total. The highest BCUT2D eigenvalue weighted by Gasteiger charge is 2.25. The maximum atomic E-state index is 11.6. The van der Waals surface area contributed by atoms with Crippen molar-refractivity contribution in [2.75, 3.05) is 31.1 Å². The molecule has 0 unspecified atom stereocenters. The van der Waals surface area contributed by atoms with E-state index < -0.39 is 0 Å². The average molecular weight is 288 g/mol. The molecule has 5 heteroatoms. The number of carbonyl (C=O) groups is 1. The summed E-state index contributed by atoms with van der Waals surface area (Å²) in [6, 6.07) is 2.15. The Bertz CT molecular complexity index is 525. The van der Waals surface area contributed by atoms with E-state index in [1.54, 1.807) is 6.92 Å². The first-order valence-electron chi connectivity index (χ1n) is 7.99. The van der Waals surface area contributed by atoms with E-state index >= 15 is 0 Å². The van der Waals surface area contributed by atoms with Crippen molar-refractivity contribution in [3.63, 3.8) is 0 Å². The van der Waals surface area contributed by atoms with Crippen LogP contribution in [0.5, 0.6) is 0 Å². The fourth-order valence-electron chi connectivity index (χ4n) is 3.40. The van der Waals surface area contributed by atoms with Crippen molar-refractivity contribution >= 4 is 11.7 Å². The van der Waals surface area contributed by atoms with Gasteiger partial charge in [-0.3, -0.25) is 4.79 Å². The van der Waals surface area contributed by atoms with Crippen molar-refractivity contribution in [3.8, 4) is 0 Å². The van der Waals surface area contributed by atoms with Crippen molar-refractivity contribution in [1.82, 2.24) is 14.9 Å². The molecule has 114 valence electrons. The molecule has 0 bridgehead atoms. The molecule has 0 aromatic carbocycles. The highest BCUT2D eigenvalue weighted by Crippen LogP contribution is 2.28. The Balaban J connectivity index is 1.82. The van der Waals surface area contributed by atoms with Crippen LogP contribution >= 0.6 is 0 Å². The van der Waals surface area contributed by atoms with Gasteiger partial charge in [-0.2, -0.15) is 0 Å². The van der Waals surface area contributed by atoms with Gasteiger partial charge < -0.3 is 9.80 Å². The number of aromatic nitrogens is 2. The minimum absolute atomic E-state index is 0.172. The fraction of sp³-hybridized carbons (Fsp3) is 0.688. The second kappa shape index (κ2) is 6.00. The summed E-state index contributed by atoms with van der Waals surface area (Å²) >= 11 is 0. The van der Waals surface area contributed by atoms with Crippen LogP contribution in [0.3, 0.4) is 0 Å². The number of hydrogen-bond acceptors (Lipinski definition) is 4. The summed E-state index contributed by atoms with van der Waals surface area (Å²) in [4.78, 5) is 25.1. The lowest BCUT2D eigenvalue weighted by Crippen LogP contribution is -2.38. The van der Waals surface area contributed by atoms with Crippen LogP contribution in [-0.4, -0.2) is 47.0 Å². The standard InChI is InChI=1S/C16H24N4O/c1-12-17-15(10-16(18-12)19-7-3-4-8-19)14-6-5-9-20(11-14)13(2)21/h10,14H,3-9,11H2,1-2H3/t14-/m0/s1. The van der Waals surface area contributed by atoms with Crippen LogP contribution in [0.1, 0.15) is 50.0 Å². The first kappa shape index (κ1) is 14.3. The second-order valence-corrected chi connectivity index (χ2v) is 6.20. The summed E-state index contributed by atoms with van der Waals surface area (Å²) in [7, 11) is 0. The number of nitrogens with zero attached hydrogens (tertiary/aromatic N) is 4. The Morgan fingerprint density at radius 3 is 2.67 bits per heavy atom. The third kappa shape index (κ3) is 3.17. The molecule has 2 aliphatic heterocycles. The van der Waals surface area contributed by atoms with Gasteiger partial charge in [-0.25, -0.2) is 9.97 Å². The third-order valence-electron chi connectivity index (χ3n) is 4.56. The Morgan fingerprint density at radius 1 is 1.19 bits per heavy atom. The molecule has 0 aliphatic carbocycles. The van der Waals surface area contributed by atoms with Crippen LogP contribution in [0.2, 0.25) is 0 Å². The van der Waals surface area contributed by atoms with E-state index in [1.807, 2.05) is 11.8 Å². The van der Waals surface area contributed by atoms with Gasteiger partial charge in [-0.15, -0.1) is 0 Å². The summed E-state index contributed by atoms with van der Waals surface area (Å²) < 4.78 is 0. The summed E-state index contributed by atoms with van der Waals surface area (Å²) in [6.45, 7) is 7.50. The number of amides is 1. The molecule has 0 spiro atoms. The van der Waals surface area contributed by atoms with Crippen LogP contribution in [0.25, 0.3) is 0 Å². The minimum Gasteiger partial charge on any atom is -0.357 e. The molecular formula is C16H24N4O. The molecule has 3 rings (SSSR count). The predicted octanol–water partition coefficient (Wildman–Crippen LogP) is 2.11.